The van der Waals surface area contributed by atoms with Gasteiger partial charge < -0.3 is 16.2 Å². The molecule has 0 fully saturated rings. The lowest BCUT2D eigenvalue weighted by Crippen LogP contribution is -2.42. The summed E-state index contributed by atoms with van der Waals surface area (Å²) in [4.78, 5) is 11.2. The Morgan fingerprint density at radius 3 is 2.60 bits per heavy atom. The molecular weight excluding hydrogens is 359 g/mol. The van der Waals surface area contributed by atoms with Gasteiger partial charge in [0.15, 0.2) is 0 Å². The molecule has 1 aliphatic carbocycles. The van der Waals surface area contributed by atoms with Crippen molar-refractivity contribution in [3.8, 4) is 0 Å². The molecule has 0 saturated carbocycles. The molecule has 2 aromatic carbocycles. The fraction of sp³-hybridized carbons (Fsp3) is 0.316. The number of halogens is 2. The van der Waals surface area contributed by atoms with Crippen LogP contribution in [0.2, 0.25) is 10.0 Å². The molecule has 6 heteroatoms. The molecule has 2 atom stereocenters. The van der Waals surface area contributed by atoms with Gasteiger partial charge in [-0.1, -0.05) is 47.5 Å². The van der Waals surface area contributed by atoms with Crippen molar-refractivity contribution < 1.29 is 9.90 Å². The van der Waals surface area contributed by atoms with Crippen molar-refractivity contribution in [3.63, 3.8) is 0 Å². The molecule has 0 saturated heterocycles. The summed E-state index contributed by atoms with van der Waals surface area (Å²) in [7, 11) is 0. The Balaban J connectivity index is 1.98. The summed E-state index contributed by atoms with van der Waals surface area (Å²) in [5, 5.41) is 12.9. The van der Waals surface area contributed by atoms with Gasteiger partial charge in [0.05, 0.1) is 10.0 Å². The van der Waals surface area contributed by atoms with Gasteiger partial charge >= 0.3 is 6.09 Å². The summed E-state index contributed by atoms with van der Waals surface area (Å²) in [5.74, 6) is 0.0311. The van der Waals surface area contributed by atoms with Crippen LogP contribution in [0.15, 0.2) is 36.4 Å². The first-order chi connectivity index (χ1) is 12.0. The SMILES string of the molecule is NCc1ccc2c(c1)C(Cc1ccc(Cl)c(Cl)c1)C(NC(=O)O)CC2. The third kappa shape index (κ3) is 4.09. The molecule has 0 aromatic heterocycles. The zero-order chi connectivity index (χ0) is 18.0. The minimum atomic E-state index is -0.998. The van der Waals surface area contributed by atoms with Gasteiger partial charge in [0, 0.05) is 18.5 Å². The lowest BCUT2D eigenvalue weighted by atomic mass is 9.75. The van der Waals surface area contributed by atoms with E-state index in [1.165, 1.54) is 11.1 Å². The number of nitrogens with one attached hydrogen (secondary N) is 1. The van der Waals surface area contributed by atoms with Crippen LogP contribution in [0.1, 0.15) is 34.6 Å². The average Bonchev–Trinajstić information content (AvgIpc) is 2.59. The number of benzene rings is 2. The Morgan fingerprint density at radius 2 is 1.92 bits per heavy atom. The van der Waals surface area contributed by atoms with Crippen molar-refractivity contribution in [2.75, 3.05) is 0 Å². The molecule has 1 amide bonds. The standard InChI is InChI=1S/C19H20Cl2N2O2/c20-16-5-2-11(9-17(16)21)7-15-14-8-12(10-22)1-3-13(14)4-6-18(15)23-19(24)25/h1-3,5,8-9,15,18,23H,4,6-7,10,22H2,(H,24,25). The van der Waals surface area contributed by atoms with Crippen molar-refractivity contribution in [2.24, 2.45) is 5.73 Å². The molecule has 1 aliphatic rings. The fourth-order valence-corrected chi connectivity index (χ4v) is 3.90. The van der Waals surface area contributed by atoms with E-state index in [1.807, 2.05) is 18.2 Å². The first-order valence-corrected chi connectivity index (χ1v) is 8.98. The highest BCUT2D eigenvalue weighted by Gasteiger charge is 2.31. The molecule has 2 unspecified atom stereocenters. The Morgan fingerprint density at radius 1 is 1.16 bits per heavy atom. The average molecular weight is 379 g/mol. The molecule has 25 heavy (non-hydrogen) atoms. The Kier molecular flexibility index (Phi) is 5.52. The van der Waals surface area contributed by atoms with Gasteiger partial charge in [-0.2, -0.15) is 0 Å². The molecule has 4 N–H and O–H groups in total. The fourth-order valence-electron chi connectivity index (χ4n) is 3.58. The quantitative estimate of drug-likeness (QED) is 0.739. The molecular formula is C19H20Cl2N2O2. The summed E-state index contributed by atoms with van der Waals surface area (Å²) in [6, 6.07) is 11.7. The highest BCUT2D eigenvalue weighted by atomic mass is 35.5. The van der Waals surface area contributed by atoms with E-state index >= 15 is 0 Å². The zero-order valence-electron chi connectivity index (χ0n) is 13.6. The van der Waals surface area contributed by atoms with Crippen LogP contribution in [-0.4, -0.2) is 17.2 Å². The van der Waals surface area contributed by atoms with Gasteiger partial charge in [-0.05, 0) is 53.6 Å². The van der Waals surface area contributed by atoms with Gasteiger partial charge in [0.2, 0.25) is 0 Å². The lowest BCUT2D eigenvalue weighted by Gasteiger charge is -2.34. The minimum absolute atomic E-state index is 0.0311. The van der Waals surface area contributed by atoms with Crippen molar-refractivity contribution in [3.05, 3.63) is 68.7 Å². The van der Waals surface area contributed by atoms with Crippen molar-refractivity contribution in [1.29, 1.82) is 0 Å². The molecule has 4 nitrogen and oxygen atoms in total. The molecule has 0 radical (unpaired) electrons. The molecule has 3 rings (SSSR count). The van der Waals surface area contributed by atoms with Crippen LogP contribution in [0.5, 0.6) is 0 Å². The van der Waals surface area contributed by atoms with E-state index in [0.717, 1.165) is 24.0 Å². The maximum atomic E-state index is 11.2. The number of carboxylic acid groups (broad SMARTS) is 1. The van der Waals surface area contributed by atoms with E-state index in [2.05, 4.69) is 17.4 Å². The second-order valence-electron chi connectivity index (χ2n) is 6.39. The number of hydrogen-bond donors (Lipinski definition) is 3. The summed E-state index contributed by atoms with van der Waals surface area (Å²) in [5.41, 5.74) is 10.3. The second kappa shape index (κ2) is 7.65. The Bertz CT molecular complexity index is 795. The predicted octanol–water partition coefficient (Wildman–Crippen LogP) is 4.36. The smallest absolute Gasteiger partial charge is 0.404 e. The van der Waals surface area contributed by atoms with Crippen LogP contribution >= 0.6 is 23.2 Å². The largest absolute Gasteiger partial charge is 0.465 e. The molecule has 0 heterocycles. The van der Waals surface area contributed by atoms with Crippen LogP contribution in [0, 0.1) is 0 Å². The number of carbonyl (C=O) groups is 1. The lowest BCUT2D eigenvalue weighted by molar-refractivity contribution is 0.185. The van der Waals surface area contributed by atoms with Gasteiger partial charge in [-0.15, -0.1) is 0 Å². The Hall–Kier alpha value is -1.75. The molecule has 0 spiro atoms. The van der Waals surface area contributed by atoms with Crippen LogP contribution < -0.4 is 11.1 Å². The second-order valence-corrected chi connectivity index (χ2v) is 7.21. The van der Waals surface area contributed by atoms with Gasteiger partial charge in [0.1, 0.15) is 0 Å². The number of rotatable bonds is 4. The normalized spacial score (nSPS) is 19.3. The number of aryl methyl sites for hydroxylation is 1. The van der Waals surface area contributed by atoms with Crippen molar-refractivity contribution in [1.82, 2.24) is 5.32 Å². The predicted molar refractivity (Wildman–Crippen MR) is 101 cm³/mol. The first-order valence-electron chi connectivity index (χ1n) is 8.23. The Labute approximate surface area is 156 Å². The van der Waals surface area contributed by atoms with Gasteiger partial charge in [-0.25, -0.2) is 4.79 Å². The summed E-state index contributed by atoms with van der Waals surface area (Å²) in [6.45, 7) is 0.462. The van der Waals surface area contributed by atoms with Crippen LogP contribution in [-0.2, 0) is 19.4 Å². The molecule has 2 aromatic rings. The highest BCUT2D eigenvalue weighted by Crippen LogP contribution is 2.36. The number of amides is 1. The van der Waals surface area contributed by atoms with E-state index in [-0.39, 0.29) is 12.0 Å². The first kappa shape index (κ1) is 18.1. The third-order valence-electron chi connectivity index (χ3n) is 4.80. The van der Waals surface area contributed by atoms with Crippen LogP contribution in [0.25, 0.3) is 0 Å². The number of hydrogen-bond acceptors (Lipinski definition) is 2. The van der Waals surface area contributed by atoms with E-state index in [4.69, 9.17) is 28.9 Å². The zero-order valence-corrected chi connectivity index (χ0v) is 15.1. The molecule has 0 aliphatic heterocycles. The number of fused-ring (bicyclic) bond motifs is 1. The summed E-state index contributed by atoms with van der Waals surface area (Å²) < 4.78 is 0. The molecule has 0 bridgehead atoms. The third-order valence-corrected chi connectivity index (χ3v) is 5.54. The van der Waals surface area contributed by atoms with Crippen molar-refractivity contribution >= 4 is 29.3 Å². The van der Waals surface area contributed by atoms with E-state index in [1.54, 1.807) is 6.07 Å². The van der Waals surface area contributed by atoms with Crippen molar-refractivity contribution in [2.45, 2.75) is 37.8 Å². The topological polar surface area (TPSA) is 75.3 Å². The van der Waals surface area contributed by atoms with Crippen LogP contribution in [0.4, 0.5) is 4.79 Å². The van der Waals surface area contributed by atoms with E-state index in [9.17, 15) is 9.90 Å². The maximum absolute atomic E-state index is 11.2. The highest BCUT2D eigenvalue weighted by molar-refractivity contribution is 6.42. The molecule has 132 valence electrons. The number of nitrogens with two attached hydrogens (primary N) is 1. The van der Waals surface area contributed by atoms with E-state index in [0.29, 0.717) is 23.0 Å². The van der Waals surface area contributed by atoms with Gasteiger partial charge in [0.25, 0.3) is 0 Å². The minimum Gasteiger partial charge on any atom is -0.465 e. The van der Waals surface area contributed by atoms with Gasteiger partial charge in [-0.3, -0.25) is 0 Å². The van der Waals surface area contributed by atoms with E-state index < -0.39 is 6.09 Å². The maximum Gasteiger partial charge on any atom is 0.404 e. The van der Waals surface area contributed by atoms with Crippen LogP contribution in [0.3, 0.4) is 0 Å². The summed E-state index contributed by atoms with van der Waals surface area (Å²) in [6.07, 6.45) is 1.31. The monoisotopic (exact) mass is 378 g/mol. The summed E-state index contributed by atoms with van der Waals surface area (Å²) >= 11 is 12.1.